The Morgan fingerprint density at radius 1 is 1.10 bits per heavy atom. The van der Waals surface area contributed by atoms with Crippen LogP contribution in [0.25, 0.3) is 0 Å². The van der Waals surface area contributed by atoms with E-state index in [0.29, 0.717) is 32.9 Å². The number of carbonyl (C=O) groups is 1. The van der Waals surface area contributed by atoms with Gasteiger partial charge in [0.05, 0.1) is 23.5 Å². The minimum atomic E-state index is -0.470. The summed E-state index contributed by atoms with van der Waals surface area (Å²) >= 11 is 11.8. The van der Waals surface area contributed by atoms with Gasteiger partial charge in [-0.15, -0.1) is 0 Å². The van der Waals surface area contributed by atoms with Crippen LogP contribution in [0.5, 0.6) is 5.75 Å². The highest BCUT2D eigenvalue weighted by Crippen LogP contribution is 2.28. The number of halogens is 2. The summed E-state index contributed by atoms with van der Waals surface area (Å²) < 4.78 is 5.15. The van der Waals surface area contributed by atoms with Gasteiger partial charge >= 0.3 is 6.03 Å². The number of hydrogen-bond donors (Lipinski definition) is 3. The lowest BCUT2D eigenvalue weighted by atomic mass is 10.2. The van der Waals surface area contributed by atoms with Crippen LogP contribution in [0.1, 0.15) is 0 Å². The van der Waals surface area contributed by atoms with Crippen LogP contribution in [0.4, 0.5) is 21.9 Å². The maximum Gasteiger partial charge on any atom is 0.323 e. The van der Waals surface area contributed by atoms with Crippen molar-refractivity contribution in [2.24, 2.45) is 0 Å². The largest absolute Gasteiger partial charge is 0.494 e. The number of carbonyl (C=O) groups excluding carboxylic acids is 1. The van der Waals surface area contributed by atoms with Crippen LogP contribution in [0, 0.1) is 0 Å². The van der Waals surface area contributed by atoms with E-state index in [1.165, 1.54) is 7.11 Å². The molecule has 0 aliphatic rings. The van der Waals surface area contributed by atoms with Gasteiger partial charge in [0.15, 0.2) is 0 Å². The molecule has 110 valence electrons. The summed E-state index contributed by atoms with van der Waals surface area (Å²) in [5, 5.41) is 6.12. The fourth-order valence-electron chi connectivity index (χ4n) is 1.68. The molecule has 21 heavy (non-hydrogen) atoms. The monoisotopic (exact) mass is 325 g/mol. The molecule has 0 saturated heterocycles. The Labute approximate surface area is 132 Å². The predicted molar refractivity (Wildman–Crippen MR) is 86.5 cm³/mol. The predicted octanol–water partition coefficient (Wildman–Crippen LogP) is 4.23. The van der Waals surface area contributed by atoms with Crippen molar-refractivity contribution in [2.75, 3.05) is 23.5 Å². The Bertz CT molecular complexity index is 677. The maximum absolute atomic E-state index is 12.0. The van der Waals surface area contributed by atoms with E-state index in [0.717, 1.165) is 0 Å². The Kier molecular flexibility index (Phi) is 4.77. The summed E-state index contributed by atoms with van der Waals surface area (Å²) in [5.41, 5.74) is 7.09. The molecule has 0 spiro atoms. The van der Waals surface area contributed by atoms with E-state index in [1.807, 2.05) is 0 Å². The topological polar surface area (TPSA) is 76.4 Å². The number of methoxy groups -OCH3 is 1. The fraction of sp³-hybridized carbons (Fsp3) is 0.0714. The Morgan fingerprint density at radius 3 is 2.52 bits per heavy atom. The second-order valence-electron chi connectivity index (χ2n) is 4.16. The molecule has 2 amide bonds. The molecule has 0 atom stereocenters. The number of anilines is 3. The van der Waals surface area contributed by atoms with E-state index in [4.69, 9.17) is 33.7 Å². The van der Waals surface area contributed by atoms with Crippen LogP contribution in [0.3, 0.4) is 0 Å². The summed E-state index contributed by atoms with van der Waals surface area (Å²) in [7, 11) is 1.49. The fourth-order valence-corrected chi connectivity index (χ4v) is 2.02. The minimum absolute atomic E-state index is 0.388. The molecule has 0 fully saturated rings. The van der Waals surface area contributed by atoms with Gasteiger partial charge in [-0.2, -0.15) is 0 Å². The molecule has 0 aromatic heterocycles. The minimum Gasteiger partial charge on any atom is -0.494 e. The lowest BCUT2D eigenvalue weighted by molar-refractivity contribution is 0.262. The third kappa shape index (κ3) is 3.93. The molecule has 7 heteroatoms. The van der Waals surface area contributed by atoms with Crippen molar-refractivity contribution in [1.29, 1.82) is 0 Å². The molecule has 4 N–H and O–H groups in total. The van der Waals surface area contributed by atoms with Gasteiger partial charge in [0, 0.05) is 16.8 Å². The zero-order chi connectivity index (χ0) is 15.4. The third-order valence-corrected chi connectivity index (χ3v) is 3.22. The lowest BCUT2D eigenvalue weighted by Gasteiger charge is -2.12. The number of urea groups is 1. The van der Waals surface area contributed by atoms with Crippen LogP contribution in [0.2, 0.25) is 10.0 Å². The van der Waals surface area contributed by atoms with Crippen LogP contribution in [0.15, 0.2) is 36.4 Å². The first kappa shape index (κ1) is 15.3. The van der Waals surface area contributed by atoms with Gasteiger partial charge in [-0.3, -0.25) is 0 Å². The molecule has 0 aliphatic carbocycles. The summed E-state index contributed by atoms with van der Waals surface area (Å²) in [5.74, 6) is 0.461. The molecule has 0 aliphatic heterocycles. The molecule has 0 unspecified atom stereocenters. The molecular weight excluding hydrogens is 313 g/mol. The van der Waals surface area contributed by atoms with E-state index in [9.17, 15) is 4.79 Å². The molecule has 0 radical (unpaired) electrons. The van der Waals surface area contributed by atoms with Gasteiger partial charge in [0.1, 0.15) is 5.75 Å². The molecule has 2 rings (SSSR count). The molecule has 2 aromatic carbocycles. The van der Waals surface area contributed by atoms with Crippen molar-refractivity contribution in [3.8, 4) is 5.75 Å². The second kappa shape index (κ2) is 6.56. The first-order valence-corrected chi connectivity index (χ1v) is 6.72. The van der Waals surface area contributed by atoms with Gasteiger partial charge in [-0.25, -0.2) is 4.79 Å². The van der Waals surface area contributed by atoms with Crippen LogP contribution < -0.4 is 21.1 Å². The van der Waals surface area contributed by atoms with Crippen LogP contribution in [-0.2, 0) is 0 Å². The molecule has 0 saturated carbocycles. The van der Waals surface area contributed by atoms with Gasteiger partial charge in [-0.05, 0) is 30.3 Å². The molecule has 5 nitrogen and oxygen atoms in total. The Balaban J connectivity index is 2.13. The standard InChI is InChI=1S/C14H13Cl2N3O2/c1-21-13-7-9(17)3-5-11(13)18-14(20)19-12-6-8(15)2-4-10(12)16/h2-7H,17H2,1H3,(H2,18,19,20). The van der Waals surface area contributed by atoms with E-state index in [2.05, 4.69) is 10.6 Å². The number of nitrogen functional groups attached to an aromatic ring is 1. The third-order valence-electron chi connectivity index (χ3n) is 2.65. The van der Waals surface area contributed by atoms with E-state index in [-0.39, 0.29) is 0 Å². The van der Waals surface area contributed by atoms with E-state index < -0.39 is 6.03 Å². The molecular formula is C14H13Cl2N3O2. The summed E-state index contributed by atoms with van der Waals surface area (Å²) in [6, 6.07) is 9.24. The first-order valence-electron chi connectivity index (χ1n) is 5.96. The summed E-state index contributed by atoms with van der Waals surface area (Å²) in [6.07, 6.45) is 0. The SMILES string of the molecule is COc1cc(N)ccc1NC(=O)Nc1cc(Cl)ccc1Cl. The summed E-state index contributed by atoms with van der Waals surface area (Å²) in [4.78, 5) is 12.0. The van der Waals surface area contributed by atoms with Gasteiger partial charge in [0.25, 0.3) is 0 Å². The van der Waals surface area contributed by atoms with E-state index >= 15 is 0 Å². The number of nitrogens with two attached hydrogens (primary N) is 1. The summed E-state index contributed by atoms with van der Waals surface area (Å²) in [6.45, 7) is 0. The van der Waals surface area contributed by atoms with Crippen LogP contribution in [-0.4, -0.2) is 13.1 Å². The van der Waals surface area contributed by atoms with Crippen LogP contribution >= 0.6 is 23.2 Å². The van der Waals surface area contributed by atoms with Crippen molar-refractivity contribution in [1.82, 2.24) is 0 Å². The average molecular weight is 326 g/mol. The maximum atomic E-state index is 12.0. The number of amides is 2. The quantitative estimate of drug-likeness (QED) is 0.739. The zero-order valence-electron chi connectivity index (χ0n) is 11.1. The molecule has 0 heterocycles. The number of hydrogen-bond acceptors (Lipinski definition) is 3. The smallest absolute Gasteiger partial charge is 0.323 e. The number of nitrogens with one attached hydrogen (secondary N) is 2. The first-order chi connectivity index (χ1) is 9.99. The zero-order valence-corrected chi connectivity index (χ0v) is 12.6. The highest BCUT2D eigenvalue weighted by atomic mass is 35.5. The van der Waals surface area contributed by atoms with Crippen molar-refractivity contribution < 1.29 is 9.53 Å². The lowest BCUT2D eigenvalue weighted by Crippen LogP contribution is -2.20. The Hall–Kier alpha value is -2.11. The van der Waals surface area contributed by atoms with Crippen molar-refractivity contribution in [2.45, 2.75) is 0 Å². The normalized spacial score (nSPS) is 10.0. The second-order valence-corrected chi connectivity index (χ2v) is 5.01. The highest BCUT2D eigenvalue weighted by Gasteiger charge is 2.10. The Morgan fingerprint density at radius 2 is 1.81 bits per heavy atom. The van der Waals surface area contributed by atoms with Crippen molar-refractivity contribution >= 4 is 46.3 Å². The molecule has 2 aromatic rings. The number of benzene rings is 2. The average Bonchev–Trinajstić information content (AvgIpc) is 2.44. The number of rotatable bonds is 3. The van der Waals surface area contributed by atoms with Crippen molar-refractivity contribution in [3.05, 3.63) is 46.4 Å². The van der Waals surface area contributed by atoms with Gasteiger partial charge in [-0.1, -0.05) is 23.2 Å². The van der Waals surface area contributed by atoms with E-state index in [1.54, 1.807) is 36.4 Å². The van der Waals surface area contributed by atoms with Crippen molar-refractivity contribution in [3.63, 3.8) is 0 Å². The highest BCUT2D eigenvalue weighted by molar-refractivity contribution is 6.35. The van der Waals surface area contributed by atoms with Gasteiger partial charge in [0.2, 0.25) is 0 Å². The number of ether oxygens (including phenoxy) is 1. The van der Waals surface area contributed by atoms with Gasteiger partial charge < -0.3 is 21.1 Å². The molecule has 0 bridgehead atoms.